The third kappa shape index (κ3) is 4.18. The Morgan fingerprint density at radius 3 is 2.60 bits per heavy atom. The van der Waals surface area contributed by atoms with Crippen molar-refractivity contribution in [2.24, 2.45) is 0 Å². The van der Waals surface area contributed by atoms with Gasteiger partial charge in [0.15, 0.2) is 0 Å². The second-order valence-electron chi connectivity index (χ2n) is 4.83. The van der Waals surface area contributed by atoms with E-state index in [-0.39, 0.29) is 0 Å². The summed E-state index contributed by atoms with van der Waals surface area (Å²) in [6.45, 7) is 9.61. The van der Waals surface area contributed by atoms with Crippen LogP contribution in [0, 0.1) is 0 Å². The average Bonchev–Trinajstić information content (AvgIpc) is 2.97. The van der Waals surface area contributed by atoms with E-state index in [1.807, 2.05) is 29.1 Å². The van der Waals surface area contributed by atoms with E-state index in [0.29, 0.717) is 0 Å². The lowest BCUT2D eigenvalue weighted by molar-refractivity contribution is 0.302. The average molecular weight is 272 g/mol. The predicted octanol–water partition coefficient (Wildman–Crippen LogP) is 2.30. The summed E-state index contributed by atoms with van der Waals surface area (Å²) in [6.07, 6.45) is 4.01. The van der Waals surface area contributed by atoms with E-state index in [2.05, 4.69) is 47.5 Å². The van der Waals surface area contributed by atoms with E-state index in [0.717, 1.165) is 38.4 Å². The zero-order valence-corrected chi connectivity index (χ0v) is 12.4. The standard InChI is InChI=1S/C16H24N4/c1-3-19(4-2)11-10-17-12-15-13-18-20(14-15)16-8-6-5-7-9-16/h5-9,13-14,17H,3-4,10-12H2,1-2H3. The second-order valence-corrected chi connectivity index (χ2v) is 4.83. The highest BCUT2D eigenvalue weighted by molar-refractivity contribution is 5.30. The van der Waals surface area contributed by atoms with Gasteiger partial charge in [0.25, 0.3) is 0 Å². The number of hydrogen-bond acceptors (Lipinski definition) is 3. The maximum atomic E-state index is 4.40. The zero-order valence-electron chi connectivity index (χ0n) is 12.4. The van der Waals surface area contributed by atoms with Gasteiger partial charge in [-0.25, -0.2) is 4.68 Å². The van der Waals surface area contributed by atoms with Gasteiger partial charge in [-0.15, -0.1) is 0 Å². The first-order valence-corrected chi connectivity index (χ1v) is 7.35. The molecule has 1 N–H and O–H groups in total. The summed E-state index contributed by atoms with van der Waals surface area (Å²) in [6, 6.07) is 10.2. The van der Waals surface area contributed by atoms with Crippen LogP contribution in [0.25, 0.3) is 5.69 Å². The molecule has 20 heavy (non-hydrogen) atoms. The summed E-state index contributed by atoms with van der Waals surface area (Å²) < 4.78 is 1.92. The highest BCUT2D eigenvalue weighted by Gasteiger charge is 2.01. The summed E-state index contributed by atoms with van der Waals surface area (Å²) >= 11 is 0. The minimum Gasteiger partial charge on any atom is -0.311 e. The highest BCUT2D eigenvalue weighted by atomic mass is 15.3. The van der Waals surface area contributed by atoms with Crippen molar-refractivity contribution in [2.45, 2.75) is 20.4 Å². The number of benzene rings is 1. The van der Waals surface area contributed by atoms with Crippen LogP contribution in [0.15, 0.2) is 42.7 Å². The lowest BCUT2D eigenvalue weighted by Crippen LogP contribution is -2.31. The molecule has 1 aromatic heterocycles. The van der Waals surface area contributed by atoms with Gasteiger partial charge in [0, 0.05) is 31.4 Å². The third-order valence-corrected chi connectivity index (χ3v) is 3.49. The number of hydrogen-bond donors (Lipinski definition) is 1. The molecule has 1 heterocycles. The van der Waals surface area contributed by atoms with Gasteiger partial charge in [-0.3, -0.25) is 0 Å². The monoisotopic (exact) mass is 272 g/mol. The molecule has 0 unspecified atom stereocenters. The Balaban J connectivity index is 1.79. The van der Waals surface area contributed by atoms with Crippen LogP contribution in [0.2, 0.25) is 0 Å². The lowest BCUT2D eigenvalue weighted by atomic mass is 10.3. The molecule has 4 heteroatoms. The zero-order chi connectivity index (χ0) is 14.2. The molecule has 0 amide bonds. The van der Waals surface area contributed by atoms with Crippen LogP contribution in [0.1, 0.15) is 19.4 Å². The minimum absolute atomic E-state index is 0.869. The van der Waals surface area contributed by atoms with E-state index in [1.165, 1.54) is 5.56 Å². The quantitative estimate of drug-likeness (QED) is 0.749. The molecule has 0 radical (unpaired) electrons. The van der Waals surface area contributed by atoms with Gasteiger partial charge in [-0.05, 0) is 25.2 Å². The van der Waals surface area contributed by atoms with Crippen LogP contribution in [-0.4, -0.2) is 40.9 Å². The van der Waals surface area contributed by atoms with Crippen molar-refractivity contribution in [1.29, 1.82) is 0 Å². The normalized spacial score (nSPS) is 11.2. The first-order valence-electron chi connectivity index (χ1n) is 7.35. The largest absolute Gasteiger partial charge is 0.311 e. The number of likely N-dealkylation sites (N-methyl/N-ethyl adjacent to an activating group) is 1. The SMILES string of the molecule is CCN(CC)CCNCc1cnn(-c2ccccc2)c1. The maximum Gasteiger partial charge on any atom is 0.0645 e. The van der Waals surface area contributed by atoms with Crippen LogP contribution >= 0.6 is 0 Å². The molecule has 0 fully saturated rings. The Labute approximate surface area is 121 Å². The number of nitrogens with zero attached hydrogens (tertiary/aromatic N) is 3. The maximum absolute atomic E-state index is 4.40. The third-order valence-electron chi connectivity index (χ3n) is 3.49. The van der Waals surface area contributed by atoms with Gasteiger partial charge in [0.1, 0.15) is 0 Å². The topological polar surface area (TPSA) is 33.1 Å². The van der Waals surface area contributed by atoms with E-state index in [4.69, 9.17) is 0 Å². The summed E-state index contributed by atoms with van der Waals surface area (Å²) in [4.78, 5) is 2.42. The fraction of sp³-hybridized carbons (Fsp3) is 0.438. The van der Waals surface area contributed by atoms with Crippen molar-refractivity contribution in [2.75, 3.05) is 26.2 Å². The Hall–Kier alpha value is -1.65. The molecular formula is C16H24N4. The number of nitrogens with one attached hydrogen (secondary N) is 1. The minimum atomic E-state index is 0.869. The van der Waals surface area contributed by atoms with Crippen molar-refractivity contribution in [3.63, 3.8) is 0 Å². The van der Waals surface area contributed by atoms with Crippen LogP contribution in [-0.2, 0) is 6.54 Å². The summed E-state index contributed by atoms with van der Waals surface area (Å²) in [5, 5.41) is 7.87. The van der Waals surface area contributed by atoms with Gasteiger partial charge in [0.05, 0.1) is 11.9 Å². The molecule has 4 nitrogen and oxygen atoms in total. The molecule has 0 saturated carbocycles. The van der Waals surface area contributed by atoms with Gasteiger partial charge >= 0.3 is 0 Å². The predicted molar refractivity (Wildman–Crippen MR) is 83.1 cm³/mol. The Morgan fingerprint density at radius 1 is 1.15 bits per heavy atom. The molecule has 0 saturated heterocycles. The molecule has 0 aliphatic rings. The van der Waals surface area contributed by atoms with E-state index >= 15 is 0 Å². The van der Waals surface area contributed by atoms with E-state index in [1.54, 1.807) is 0 Å². The van der Waals surface area contributed by atoms with Gasteiger partial charge in [-0.2, -0.15) is 5.10 Å². The van der Waals surface area contributed by atoms with Crippen molar-refractivity contribution in [3.8, 4) is 5.69 Å². The van der Waals surface area contributed by atoms with Crippen molar-refractivity contribution < 1.29 is 0 Å². The molecule has 0 aliphatic carbocycles. The Kier molecular flexibility index (Phi) is 5.77. The van der Waals surface area contributed by atoms with Crippen LogP contribution in [0.4, 0.5) is 0 Å². The number of para-hydroxylation sites is 1. The molecule has 0 atom stereocenters. The van der Waals surface area contributed by atoms with Gasteiger partial charge < -0.3 is 10.2 Å². The molecule has 0 spiro atoms. The summed E-state index contributed by atoms with van der Waals surface area (Å²) in [7, 11) is 0. The molecule has 108 valence electrons. The van der Waals surface area contributed by atoms with Crippen molar-refractivity contribution in [1.82, 2.24) is 20.0 Å². The summed E-state index contributed by atoms with van der Waals surface area (Å²) in [5.41, 5.74) is 2.32. The lowest BCUT2D eigenvalue weighted by Gasteiger charge is -2.17. The van der Waals surface area contributed by atoms with Gasteiger partial charge in [0.2, 0.25) is 0 Å². The van der Waals surface area contributed by atoms with Gasteiger partial charge in [-0.1, -0.05) is 32.0 Å². The Bertz CT molecular complexity index is 488. The van der Waals surface area contributed by atoms with Crippen molar-refractivity contribution in [3.05, 3.63) is 48.3 Å². The van der Waals surface area contributed by atoms with Crippen LogP contribution in [0.3, 0.4) is 0 Å². The second kappa shape index (κ2) is 7.82. The van der Waals surface area contributed by atoms with E-state index in [9.17, 15) is 0 Å². The molecule has 2 aromatic rings. The fourth-order valence-corrected chi connectivity index (χ4v) is 2.18. The fourth-order valence-electron chi connectivity index (χ4n) is 2.18. The first-order chi connectivity index (χ1) is 9.83. The van der Waals surface area contributed by atoms with Crippen molar-refractivity contribution >= 4 is 0 Å². The highest BCUT2D eigenvalue weighted by Crippen LogP contribution is 2.07. The van der Waals surface area contributed by atoms with E-state index < -0.39 is 0 Å². The first kappa shape index (κ1) is 14.8. The number of rotatable bonds is 8. The molecular weight excluding hydrogens is 248 g/mol. The molecule has 0 bridgehead atoms. The van der Waals surface area contributed by atoms with Crippen LogP contribution < -0.4 is 5.32 Å². The Morgan fingerprint density at radius 2 is 1.90 bits per heavy atom. The number of aromatic nitrogens is 2. The summed E-state index contributed by atoms with van der Waals surface area (Å²) in [5.74, 6) is 0. The van der Waals surface area contributed by atoms with Crippen LogP contribution in [0.5, 0.6) is 0 Å². The molecule has 2 rings (SSSR count). The smallest absolute Gasteiger partial charge is 0.0645 e. The molecule has 0 aliphatic heterocycles. The molecule has 1 aromatic carbocycles.